The third-order valence-corrected chi connectivity index (χ3v) is 3.04. The molecular weight excluding hydrogens is 248 g/mol. The van der Waals surface area contributed by atoms with Gasteiger partial charge in [0.1, 0.15) is 11.9 Å². The number of hydrogen-bond donors (Lipinski definition) is 2. The summed E-state index contributed by atoms with van der Waals surface area (Å²) in [5.74, 6) is 0.511. The zero-order valence-corrected chi connectivity index (χ0v) is 10.7. The molecule has 3 aromatic rings. The largest absolute Gasteiger partial charge is 0.397 e. The summed E-state index contributed by atoms with van der Waals surface area (Å²) in [5.41, 5.74) is 7.42. The fraction of sp³-hybridized carbons (Fsp3) is 0. The van der Waals surface area contributed by atoms with E-state index >= 15 is 0 Å². The third kappa shape index (κ3) is 2.25. The Bertz CT molecular complexity index is 818. The second-order valence-corrected chi connectivity index (χ2v) is 4.46. The number of nitrogen functional groups attached to an aromatic ring is 1. The van der Waals surface area contributed by atoms with Gasteiger partial charge in [0.25, 0.3) is 0 Å². The number of rotatable bonds is 2. The van der Waals surface area contributed by atoms with Crippen molar-refractivity contribution < 1.29 is 0 Å². The van der Waals surface area contributed by atoms with Crippen molar-refractivity contribution in [2.45, 2.75) is 0 Å². The van der Waals surface area contributed by atoms with Crippen LogP contribution in [0, 0.1) is 11.3 Å². The second-order valence-electron chi connectivity index (χ2n) is 4.46. The van der Waals surface area contributed by atoms with Gasteiger partial charge in [0.15, 0.2) is 0 Å². The van der Waals surface area contributed by atoms with Gasteiger partial charge in [0, 0.05) is 5.69 Å². The van der Waals surface area contributed by atoms with Crippen molar-refractivity contribution in [3.63, 3.8) is 0 Å². The van der Waals surface area contributed by atoms with Gasteiger partial charge in [-0.05, 0) is 29.0 Å². The van der Waals surface area contributed by atoms with E-state index in [0.29, 0.717) is 17.1 Å². The van der Waals surface area contributed by atoms with Crippen molar-refractivity contribution in [3.05, 3.63) is 60.3 Å². The summed E-state index contributed by atoms with van der Waals surface area (Å²) < 4.78 is 0. The minimum atomic E-state index is 0.429. The number of benzene rings is 2. The molecule has 0 spiro atoms. The van der Waals surface area contributed by atoms with Crippen molar-refractivity contribution in [1.29, 1.82) is 5.26 Å². The van der Waals surface area contributed by atoms with E-state index in [2.05, 4.69) is 22.4 Å². The van der Waals surface area contributed by atoms with E-state index < -0.39 is 0 Å². The highest BCUT2D eigenvalue weighted by atomic mass is 15.0. The fourth-order valence-electron chi connectivity index (χ4n) is 2.07. The van der Waals surface area contributed by atoms with Gasteiger partial charge in [-0.15, -0.1) is 0 Å². The van der Waals surface area contributed by atoms with Crippen molar-refractivity contribution in [3.8, 4) is 6.07 Å². The summed E-state index contributed by atoms with van der Waals surface area (Å²) in [4.78, 5) is 4.17. The van der Waals surface area contributed by atoms with Gasteiger partial charge in [-0.1, -0.05) is 30.3 Å². The quantitative estimate of drug-likeness (QED) is 0.740. The Hall–Kier alpha value is -3.06. The molecule has 4 heteroatoms. The van der Waals surface area contributed by atoms with Crippen LogP contribution in [0.25, 0.3) is 10.8 Å². The van der Waals surface area contributed by atoms with Crippen LogP contribution in [-0.4, -0.2) is 4.98 Å². The molecule has 3 N–H and O–H groups in total. The number of nitrogens with one attached hydrogen (secondary N) is 1. The molecule has 96 valence electrons. The second kappa shape index (κ2) is 4.90. The van der Waals surface area contributed by atoms with E-state index in [1.54, 1.807) is 6.07 Å². The molecule has 0 saturated heterocycles. The van der Waals surface area contributed by atoms with E-state index in [1.807, 2.05) is 36.4 Å². The highest BCUT2D eigenvalue weighted by Gasteiger charge is 2.05. The molecule has 1 heterocycles. The number of pyridine rings is 1. The lowest BCUT2D eigenvalue weighted by Gasteiger charge is -2.08. The molecule has 1 aromatic heterocycles. The summed E-state index contributed by atoms with van der Waals surface area (Å²) in [5, 5.41) is 14.6. The molecule has 0 aliphatic heterocycles. The number of nitrogens with two attached hydrogens (primary N) is 1. The Morgan fingerprint density at radius 1 is 1.05 bits per heavy atom. The summed E-state index contributed by atoms with van der Waals surface area (Å²) in [6.45, 7) is 0. The lowest BCUT2D eigenvalue weighted by molar-refractivity contribution is 1.29. The molecule has 4 nitrogen and oxygen atoms in total. The van der Waals surface area contributed by atoms with Gasteiger partial charge >= 0.3 is 0 Å². The molecule has 0 bridgehead atoms. The van der Waals surface area contributed by atoms with Gasteiger partial charge in [-0.25, -0.2) is 4.98 Å². The van der Waals surface area contributed by atoms with Crippen molar-refractivity contribution in [1.82, 2.24) is 4.98 Å². The molecule has 2 aromatic carbocycles. The maximum absolute atomic E-state index is 9.11. The van der Waals surface area contributed by atoms with E-state index in [4.69, 9.17) is 11.0 Å². The highest BCUT2D eigenvalue weighted by molar-refractivity contribution is 5.86. The van der Waals surface area contributed by atoms with Crippen LogP contribution < -0.4 is 11.1 Å². The Morgan fingerprint density at radius 2 is 1.85 bits per heavy atom. The molecule has 0 atom stereocenters. The molecule has 0 radical (unpaired) electrons. The first-order valence-electron chi connectivity index (χ1n) is 6.18. The van der Waals surface area contributed by atoms with Crippen LogP contribution in [0.4, 0.5) is 17.2 Å². The molecular formula is C16H12N4. The number of anilines is 3. The first-order chi connectivity index (χ1) is 9.76. The van der Waals surface area contributed by atoms with Crippen LogP contribution in [0.3, 0.4) is 0 Å². The maximum atomic E-state index is 9.11. The van der Waals surface area contributed by atoms with Crippen LogP contribution in [0.2, 0.25) is 0 Å². The molecule has 0 fully saturated rings. The molecule has 0 saturated carbocycles. The molecule has 0 unspecified atom stereocenters. The molecule has 0 aliphatic rings. The van der Waals surface area contributed by atoms with Crippen LogP contribution >= 0.6 is 0 Å². The Labute approximate surface area is 116 Å². The summed E-state index contributed by atoms with van der Waals surface area (Å²) in [6.07, 6.45) is 1.53. The van der Waals surface area contributed by atoms with Gasteiger partial charge in [-0.3, -0.25) is 0 Å². The van der Waals surface area contributed by atoms with Gasteiger partial charge in [-0.2, -0.15) is 5.26 Å². The standard InChI is InChI=1S/C16H12N4/c17-9-13-7-14(18)10-19-16(13)20-15-6-5-11-3-1-2-4-12(11)8-15/h1-8,10H,18H2,(H,19,20). The zero-order chi connectivity index (χ0) is 13.9. The van der Waals surface area contributed by atoms with Crippen LogP contribution in [-0.2, 0) is 0 Å². The average molecular weight is 260 g/mol. The molecule has 3 rings (SSSR count). The van der Waals surface area contributed by atoms with Gasteiger partial charge in [0.2, 0.25) is 0 Å². The number of hydrogen-bond acceptors (Lipinski definition) is 4. The van der Waals surface area contributed by atoms with Crippen LogP contribution in [0.5, 0.6) is 0 Å². The first-order valence-corrected chi connectivity index (χ1v) is 6.18. The van der Waals surface area contributed by atoms with Crippen molar-refractivity contribution >= 4 is 28.0 Å². The smallest absolute Gasteiger partial charge is 0.148 e. The Balaban J connectivity index is 1.99. The average Bonchev–Trinajstić information content (AvgIpc) is 2.49. The normalized spacial score (nSPS) is 10.2. The zero-order valence-electron chi connectivity index (χ0n) is 10.7. The van der Waals surface area contributed by atoms with Crippen LogP contribution in [0.15, 0.2) is 54.7 Å². The van der Waals surface area contributed by atoms with Gasteiger partial charge in [0.05, 0.1) is 17.4 Å². The van der Waals surface area contributed by atoms with E-state index in [-0.39, 0.29) is 0 Å². The third-order valence-electron chi connectivity index (χ3n) is 3.04. The topological polar surface area (TPSA) is 74.7 Å². The van der Waals surface area contributed by atoms with Gasteiger partial charge < -0.3 is 11.1 Å². The van der Waals surface area contributed by atoms with E-state index in [0.717, 1.165) is 11.1 Å². The molecule has 0 amide bonds. The summed E-state index contributed by atoms with van der Waals surface area (Å²) in [6, 6.07) is 17.8. The number of aromatic nitrogens is 1. The van der Waals surface area contributed by atoms with E-state index in [1.165, 1.54) is 11.6 Å². The predicted octanol–water partition coefficient (Wildman–Crippen LogP) is 3.43. The summed E-state index contributed by atoms with van der Waals surface area (Å²) in [7, 11) is 0. The molecule has 20 heavy (non-hydrogen) atoms. The summed E-state index contributed by atoms with van der Waals surface area (Å²) >= 11 is 0. The minimum Gasteiger partial charge on any atom is -0.397 e. The Kier molecular flexibility index (Phi) is 2.94. The number of nitrogens with zero attached hydrogens (tertiary/aromatic N) is 2. The predicted molar refractivity (Wildman–Crippen MR) is 80.6 cm³/mol. The van der Waals surface area contributed by atoms with Crippen molar-refractivity contribution in [2.75, 3.05) is 11.1 Å². The lowest BCUT2D eigenvalue weighted by Crippen LogP contribution is -1.98. The lowest BCUT2D eigenvalue weighted by atomic mass is 10.1. The molecule has 0 aliphatic carbocycles. The van der Waals surface area contributed by atoms with Crippen LogP contribution in [0.1, 0.15) is 5.56 Å². The maximum Gasteiger partial charge on any atom is 0.148 e. The SMILES string of the molecule is N#Cc1cc(N)cnc1Nc1ccc2ccccc2c1. The first kappa shape index (κ1) is 12.0. The fourth-order valence-corrected chi connectivity index (χ4v) is 2.07. The van der Waals surface area contributed by atoms with Crippen molar-refractivity contribution in [2.24, 2.45) is 0 Å². The minimum absolute atomic E-state index is 0.429. The number of fused-ring (bicyclic) bond motifs is 1. The highest BCUT2D eigenvalue weighted by Crippen LogP contribution is 2.23. The Morgan fingerprint density at radius 3 is 2.65 bits per heavy atom. The van der Waals surface area contributed by atoms with E-state index in [9.17, 15) is 0 Å². The number of nitriles is 1. The monoisotopic (exact) mass is 260 g/mol.